The Hall–Kier alpha value is -2.88. The van der Waals surface area contributed by atoms with Crippen LogP contribution >= 0.6 is 11.6 Å². The van der Waals surface area contributed by atoms with Crippen molar-refractivity contribution in [2.24, 2.45) is 5.92 Å². The molecule has 6 nitrogen and oxygen atoms in total. The summed E-state index contributed by atoms with van der Waals surface area (Å²) in [4.78, 5) is 31.3. The minimum Gasteiger partial charge on any atom is -0.481 e. The molecule has 2 unspecified atom stereocenters. The Morgan fingerprint density at radius 3 is 2.52 bits per heavy atom. The molecule has 1 aromatic heterocycles. The number of alkyl halides is 3. The van der Waals surface area contributed by atoms with Gasteiger partial charge in [0.1, 0.15) is 17.7 Å². The van der Waals surface area contributed by atoms with E-state index in [2.05, 4.69) is 4.98 Å². The number of carboxylic acids is 1. The number of carbonyl (C=O) groups excluding carboxylic acids is 1. The molecule has 1 amide bonds. The van der Waals surface area contributed by atoms with Crippen molar-refractivity contribution < 1.29 is 32.3 Å². The number of amides is 1. The number of anilines is 2. The highest BCUT2D eigenvalue weighted by Crippen LogP contribution is 2.35. The molecule has 2 atom stereocenters. The van der Waals surface area contributed by atoms with Gasteiger partial charge in [-0.1, -0.05) is 11.6 Å². The average Bonchev–Trinajstić information content (AvgIpc) is 3.13. The number of rotatable bonds is 4. The number of carbonyl (C=O) groups is 2. The first kappa shape index (κ1) is 22.8. The lowest BCUT2D eigenvalue weighted by atomic mass is 10.1. The Labute approximate surface area is 180 Å². The van der Waals surface area contributed by atoms with Crippen LogP contribution in [-0.2, 0) is 15.8 Å². The van der Waals surface area contributed by atoms with Crippen molar-refractivity contribution in [2.75, 3.05) is 23.4 Å². The first-order valence-electron chi connectivity index (χ1n) is 9.16. The van der Waals surface area contributed by atoms with Crippen molar-refractivity contribution in [1.82, 2.24) is 4.98 Å². The zero-order valence-electron chi connectivity index (χ0n) is 16.5. The molecule has 11 heteroatoms. The van der Waals surface area contributed by atoms with E-state index in [0.29, 0.717) is 0 Å². The molecule has 1 aromatic carbocycles. The van der Waals surface area contributed by atoms with E-state index in [9.17, 15) is 32.3 Å². The van der Waals surface area contributed by atoms with E-state index in [0.717, 1.165) is 23.1 Å². The summed E-state index contributed by atoms with van der Waals surface area (Å²) in [6.45, 7) is 1.20. The van der Waals surface area contributed by atoms with Crippen LogP contribution in [-0.4, -0.2) is 41.6 Å². The van der Waals surface area contributed by atoms with Crippen LogP contribution in [0.4, 0.5) is 29.1 Å². The molecule has 1 aliphatic rings. The summed E-state index contributed by atoms with van der Waals surface area (Å²) in [7, 11) is 1.39. The van der Waals surface area contributed by atoms with Gasteiger partial charge >= 0.3 is 12.1 Å². The molecule has 2 aromatic rings. The SMILES string of the molecule is Cc1cc(C(F)(F)F)cc(N2CC(C(=O)O)CC2C(=O)N(C)c2ccc(F)c(Cl)c2)n1. The molecule has 1 saturated heterocycles. The van der Waals surface area contributed by atoms with Crippen LogP contribution in [0.25, 0.3) is 0 Å². The van der Waals surface area contributed by atoms with Gasteiger partial charge in [-0.2, -0.15) is 13.2 Å². The van der Waals surface area contributed by atoms with Gasteiger partial charge in [0.25, 0.3) is 0 Å². The molecule has 0 saturated carbocycles. The first-order valence-corrected chi connectivity index (χ1v) is 9.54. The minimum atomic E-state index is -4.63. The monoisotopic (exact) mass is 459 g/mol. The second-order valence-electron chi connectivity index (χ2n) is 7.29. The smallest absolute Gasteiger partial charge is 0.416 e. The van der Waals surface area contributed by atoms with Crippen molar-refractivity contribution in [3.8, 4) is 0 Å². The van der Waals surface area contributed by atoms with Crippen molar-refractivity contribution >= 4 is 35.0 Å². The number of benzene rings is 1. The van der Waals surface area contributed by atoms with Gasteiger partial charge in [0.2, 0.25) is 5.91 Å². The number of hydrogen-bond donors (Lipinski definition) is 1. The maximum Gasteiger partial charge on any atom is 0.416 e. The lowest BCUT2D eigenvalue weighted by molar-refractivity contribution is -0.141. The number of pyridine rings is 1. The Morgan fingerprint density at radius 2 is 1.94 bits per heavy atom. The van der Waals surface area contributed by atoms with Crippen LogP contribution in [0.2, 0.25) is 5.02 Å². The van der Waals surface area contributed by atoms with Gasteiger partial charge in [0.05, 0.1) is 16.5 Å². The molecule has 31 heavy (non-hydrogen) atoms. The predicted molar refractivity (Wildman–Crippen MR) is 106 cm³/mol. The topological polar surface area (TPSA) is 73.7 Å². The van der Waals surface area contributed by atoms with E-state index in [1.165, 1.54) is 31.0 Å². The minimum absolute atomic E-state index is 0.0773. The largest absolute Gasteiger partial charge is 0.481 e. The molecule has 3 rings (SSSR count). The Morgan fingerprint density at radius 1 is 1.26 bits per heavy atom. The summed E-state index contributed by atoms with van der Waals surface area (Å²) >= 11 is 5.77. The normalized spacial score (nSPS) is 18.9. The molecule has 1 N–H and O–H groups in total. The lowest BCUT2D eigenvalue weighted by Crippen LogP contribution is -2.44. The molecule has 1 fully saturated rings. The number of hydrogen-bond acceptors (Lipinski definition) is 4. The summed E-state index contributed by atoms with van der Waals surface area (Å²) < 4.78 is 53.2. The highest BCUT2D eigenvalue weighted by atomic mass is 35.5. The number of aliphatic carboxylic acids is 1. The van der Waals surface area contributed by atoms with Crippen molar-refractivity contribution in [3.63, 3.8) is 0 Å². The van der Waals surface area contributed by atoms with Gasteiger partial charge in [0.15, 0.2) is 0 Å². The maximum atomic E-state index is 13.5. The maximum absolute atomic E-state index is 13.5. The van der Waals surface area contributed by atoms with Gasteiger partial charge in [-0.25, -0.2) is 9.37 Å². The summed E-state index contributed by atoms with van der Waals surface area (Å²) in [5, 5.41) is 9.22. The van der Waals surface area contributed by atoms with Gasteiger partial charge in [-0.15, -0.1) is 0 Å². The van der Waals surface area contributed by atoms with Gasteiger partial charge in [-0.3, -0.25) is 9.59 Å². The van der Waals surface area contributed by atoms with Crippen LogP contribution in [0.3, 0.4) is 0 Å². The van der Waals surface area contributed by atoms with E-state index in [-0.39, 0.29) is 35.2 Å². The zero-order chi connectivity index (χ0) is 23.1. The van der Waals surface area contributed by atoms with E-state index in [4.69, 9.17) is 11.6 Å². The molecular weight excluding hydrogens is 442 g/mol. The summed E-state index contributed by atoms with van der Waals surface area (Å²) in [6, 6.07) is 4.22. The molecule has 0 bridgehead atoms. The second kappa shape index (κ2) is 8.33. The number of aryl methyl sites for hydroxylation is 1. The fraction of sp³-hybridized carbons (Fsp3) is 0.350. The molecule has 0 aliphatic carbocycles. The number of likely N-dealkylation sites (N-methyl/N-ethyl adjacent to an activating group) is 1. The van der Waals surface area contributed by atoms with Crippen molar-refractivity contribution in [2.45, 2.75) is 25.6 Å². The third kappa shape index (κ3) is 4.73. The highest BCUT2D eigenvalue weighted by Gasteiger charge is 2.43. The molecule has 0 radical (unpaired) electrons. The number of carboxylic acid groups (broad SMARTS) is 1. The summed E-state index contributed by atoms with van der Waals surface area (Å²) in [6.07, 6.45) is -4.75. The predicted octanol–water partition coefficient (Wildman–Crippen LogP) is 4.14. The lowest BCUT2D eigenvalue weighted by Gasteiger charge is -2.29. The van der Waals surface area contributed by atoms with Crippen molar-refractivity contribution in [3.05, 3.63) is 52.4 Å². The van der Waals surface area contributed by atoms with E-state index in [1.54, 1.807) is 0 Å². The molecule has 1 aliphatic heterocycles. The first-order chi connectivity index (χ1) is 14.4. The number of nitrogens with zero attached hydrogens (tertiary/aromatic N) is 3. The molecule has 0 spiro atoms. The standard InChI is InChI=1S/C20H18ClF4N3O3/c1-10-5-12(20(23,24)25)7-17(26-10)28-9-11(19(30)31)6-16(28)18(29)27(2)13-3-4-15(22)14(21)8-13/h3-5,7-8,11,16H,6,9H2,1-2H3,(H,30,31). The van der Waals surface area contributed by atoms with E-state index >= 15 is 0 Å². The van der Waals surface area contributed by atoms with Gasteiger partial charge in [-0.05, 0) is 43.7 Å². The summed E-state index contributed by atoms with van der Waals surface area (Å²) in [5.41, 5.74) is -0.615. The third-order valence-corrected chi connectivity index (χ3v) is 5.41. The zero-order valence-corrected chi connectivity index (χ0v) is 17.2. The van der Waals surface area contributed by atoms with E-state index < -0.39 is 41.4 Å². The molecule has 166 valence electrons. The Bertz CT molecular complexity index is 1030. The van der Waals surface area contributed by atoms with Crippen molar-refractivity contribution in [1.29, 1.82) is 0 Å². The fourth-order valence-corrected chi connectivity index (χ4v) is 3.68. The van der Waals surface area contributed by atoms with Crippen LogP contribution in [0, 0.1) is 18.7 Å². The summed E-state index contributed by atoms with van der Waals surface area (Å²) in [5.74, 6) is -3.54. The molecule has 2 heterocycles. The third-order valence-electron chi connectivity index (χ3n) is 5.12. The van der Waals surface area contributed by atoms with Crippen LogP contribution < -0.4 is 9.80 Å². The van der Waals surface area contributed by atoms with Gasteiger partial charge in [0, 0.05) is 25.0 Å². The highest BCUT2D eigenvalue weighted by molar-refractivity contribution is 6.31. The molecular formula is C20H18ClF4N3O3. The average molecular weight is 460 g/mol. The van der Waals surface area contributed by atoms with Crippen LogP contribution in [0.5, 0.6) is 0 Å². The number of halogens is 5. The Kier molecular flexibility index (Phi) is 6.13. The fourth-order valence-electron chi connectivity index (χ4n) is 3.51. The van der Waals surface area contributed by atoms with Crippen LogP contribution in [0.1, 0.15) is 17.7 Å². The van der Waals surface area contributed by atoms with Gasteiger partial charge < -0.3 is 14.9 Å². The van der Waals surface area contributed by atoms with E-state index in [1.807, 2.05) is 0 Å². The second-order valence-corrected chi connectivity index (χ2v) is 7.70. The quantitative estimate of drug-likeness (QED) is 0.695. The number of aromatic nitrogens is 1. The Balaban J connectivity index is 1.99. The van der Waals surface area contributed by atoms with Crippen LogP contribution in [0.15, 0.2) is 30.3 Å².